The van der Waals surface area contributed by atoms with Crippen molar-refractivity contribution in [2.24, 2.45) is 5.84 Å². The van der Waals surface area contributed by atoms with Crippen molar-refractivity contribution in [1.29, 1.82) is 0 Å². The monoisotopic (exact) mass is 324 g/mol. The number of halogens is 2. The van der Waals surface area contributed by atoms with Gasteiger partial charge in [0.2, 0.25) is 0 Å². The van der Waals surface area contributed by atoms with Crippen molar-refractivity contribution in [2.45, 2.75) is 13.0 Å². The van der Waals surface area contributed by atoms with Crippen molar-refractivity contribution in [3.05, 3.63) is 68.7 Å². The van der Waals surface area contributed by atoms with Gasteiger partial charge >= 0.3 is 0 Å². The zero-order valence-electron chi connectivity index (χ0n) is 9.95. The smallest absolute Gasteiger partial charge is 0.0711 e. The number of benzene rings is 2. The van der Waals surface area contributed by atoms with Gasteiger partial charge in [-0.15, -0.1) is 0 Å². The van der Waals surface area contributed by atoms with E-state index in [1.807, 2.05) is 24.3 Å². The molecule has 4 heteroatoms. The van der Waals surface area contributed by atoms with Gasteiger partial charge in [0.1, 0.15) is 0 Å². The van der Waals surface area contributed by atoms with E-state index >= 15 is 0 Å². The summed E-state index contributed by atoms with van der Waals surface area (Å²) in [4.78, 5) is 0. The molecular weight excluding hydrogens is 312 g/mol. The van der Waals surface area contributed by atoms with Crippen LogP contribution in [0.15, 0.2) is 46.9 Å². The predicted octanol–water partition coefficient (Wildman–Crippen LogP) is 3.96. The number of rotatable bonds is 3. The fourth-order valence-corrected chi connectivity index (χ4v) is 2.83. The maximum atomic E-state index is 6.02. The van der Waals surface area contributed by atoms with Gasteiger partial charge in [0, 0.05) is 9.50 Å². The molecule has 2 nitrogen and oxygen atoms in total. The first-order chi connectivity index (χ1) is 8.60. The lowest BCUT2D eigenvalue weighted by Gasteiger charge is -2.18. The minimum absolute atomic E-state index is 0.0695. The first-order valence-corrected chi connectivity index (χ1v) is 6.76. The summed E-state index contributed by atoms with van der Waals surface area (Å²) in [7, 11) is 0. The summed E-state index contributed by atoms with van der Waals surface area (Å²) in [5.74, 6) is 5.68. The summed E-state index contributed by atoms with van der Waals surface area (Å²) in [6, 6.07) is 13.9. The van der Waals surface area contributed by atoms with Crippen LogP contribution in [-0.2, 0) is 0 Å². The second-order valence-electron chi connectivity index (χ2n) is 4.22. The molecule has 0 saturated heterocycles. The molecule has 0 bridgehead atoms. The van der Waals surface area contributed by atoms with Crippen molar-refractivity contribution in [1.82, 2.24) is 5.43 Å². The Morgan fingerprint density at radius 1 is 1.17 bits per heavy atom. The second kappa shape index (κ2) is 5.85. The van der Waals surface area contributed by atoms with Crippen LogP contribution in [0.2, 0.25) is 5.02 Å². The number of hydrogen-bond donors (Lipinski definition) is 2. The van der Waals surface area contributed by atoms with Gasteiger partial charge in [-0.2, -0.15) is 0 Å². The standard InChI is InChI=1S/C14H14BrClN2/c1-9-5-11(7-12(15)6-9)14(18-17)10-3-2-4-13(16)8-10/h2-8,14,18H,17H2,1H3. The fraction of sp³-hybridized carbons (Fsp3) is 0.143. The predicted molar refractivity (Wildman–Crippen MR) is 79.5 cm³/mol. The minimum atomic E-state index is -0.0695. The molecule has 2 aromatic rings. The highest BCUT2D eigenvalue weighted by Crippen LogP contribution is 2.26. The summed E-state index contributed by atoms with van der Waals surface area (Å²) < 4.78 is 1.04. The summed E-state index contributed by atoms with van der Waals surface area (Å²) >= 11 is 9.52. The van der Waals surface area contributed by atoms with Gasteiger partial charge in [-0.1, -0.05) is 45.7 Å². The van der Waals surface area contributed by atoms with E-state index in [1.165, 1.54) is 5.56 Å². The molecule has 0 aliphatic rings. The van der Waals surface area contributed by atoms with E-state index in [0.29, 0.717) is 5.02 Å². The van der Waals surface area contributed by atoms with Crippen LogP contribution < -0.4 is 11.3 Å². The summed E-state index contributed by atoms with van der Waals surface area (Å²) in [5.41, 5.74) is 6.17. The third-order valence-corrected chi connectivity index (χ3v) is 3.44. The molecule has 0 aliphatic carbocycles. The normalized spacial score (nSPS) is 12.4. The second-order valence-corrected chi connectivity index (χ2v) is 5.57. The van der Waals surface area contributed by atoms with Gasteiger partial charge < -0.3 is 0 Å². The molecule has 0 aromatic heterocycles. The molecule has 2 aromatic carbocycles. The molecule has 2 rings (SSSR count). The highest BCUT2D eigenvalue weighted by atomic mass is 79.9. The first-order valence-electron chi connectivity index (χ1n) is 5.59. The van der Waals surface area contributed by atoms with Crippen molar-refractivity contribution in [2.75, 3.05) is 0 Å². The Bertz CT molecular complexity index is 537. The number of nitrogens with one attached hydrogen (secondary N) is 1. The van der Waals surface area contributed by atoms with Gasteiger partial charge in [0.05, 0.1) is 6.04 Å². The highest BCUT2D eigenvalue weighted by molar-refractivity contribution is 9.10. The molecule has 1 atom stereocenters. The van der Waals surface area contributed by atoms with Crippen LogP contribution in [-0.4, -0.2) is 0 Å². The van der Waals surface area contributed by atoms with Gasteiger partial charge in [0.15, 0.2) is 0 Å². The van der Waals surface area contributed by atoms with E-state index in [0.717, 1.165) is 15.6 Å². The van der Waals surface area contributed by atoms with Crippen molar-refractivity contribution >= 4 is 27.5 Å². The van der Waals surface area contributed by atoms with Crippen molar-refractivity contribution < 1.29 is 0 Å². The van der Waals surface area contributed by atoms with Crippen molar-refractivity contribution in [3.8, 4) is 0 Å². The van der Waals surface area contributed by atoms with Crippen LogP contribution in [0.5, 0.6) is 0 Å². The van der Waals surface area contributed by atoms with Crippen LogP contribution in [0, 0.1) is 6.92 Å². The highest BCUT2D eigenvalue weighted by Gasteiger charge is 2.13. The zero-order chi connectivity index (χ0) is 13.1. The topological polar surface area (TPSA) is 38.0 Å². The number of nitrogens with two attached hydrogens (primary N) is 1. The molecule has 0 heterocycles. The third kappa shape index (κ3) is 3.12. The minimum Gasteiger partial charge on any atom is -0.271 e. The molecule has 94 valence electrons. The number of hydrogen-bond acceptors (Lipinski definition) is 2. The summed E-state index contributed by atoms with van der Waals surface area (Å²) in [6.45, 7) is 2.06. The van der Waals surface area contributed by atoms with Crippen LogP contribution >= 0.6 is 27.5 Å². The van der Waals surface area contributed by atoms with E-state index in [-0.39, 0.29) is 6.04 Å². The summed E-state index contributed by atoms with van der Waals surface area (Å²) in [6.07, 6.45) is 0. The Morgan fingerprint density at radius 3 is 2.56 bits per heavy atom. The zero-order valence-corrected chi connectivity index (χ0v) is 12.3. The molecule has 0 saturated carbocycles. The largest absolute Gasteiger partial charge is 0.271 e. The number of hydrazine groups is 1. The van der Waals surface area contributed by atoms with Gasteiger partial charge in [0.25, 0.3) is 0 Å². The Balaban J connectivity index is 2.45. The Hall–Kier alpha value is -0.870. The Morgan fingerprint density at radius 2 is 1.94 bits per heavy atom. The van der Waals surface area contributed by atoms with E-state index in [2.05, 4.69) is 46.5 Å². The van der Waals surface area contributed by atoms with Crippen LogP contribution in [0.4, 0.5) is 0 Å². The Kier molecular flexibility index (Phi) is 4.40. The first kappa shape index (κ1) is 13.6. The Labute approximate surface area is 120 Å². The molecule has 3 N–H and O–H groups in total. The van der Waals surface area contributed by atoms with E-state index in [4.69, 9.17) is 17.4 Å². The molecule has 18 heavy (non-hydrogen) atoms. The lowest BCUT2D eigenvalue weighted by atomic mass is 9.98. The van der Waals surface area contributed by atoms with Crippen LogP contribution in [0.1, 0.15) is 22.7 Å². The van der Waals surface area contributed by atoms with E-state index in [9.17, 15) is 0 Å². The van der Waals surface area contributed by atoms with Crippen molar-refractivity contribution in [3.63, 3.8) is 0 Å². The van der Waals surface area contributed by atoms with Crippen LogP contribution in [0.25, 0.3) is 0 Å². The lowest BCUT2D eigenvalue weighted by molar-refractivity contribution is 0.636. The summed E-state index contributed by atoms with van der Waals surface area (Å²) in [5, 5.41) is 0.708. The third-order valence-electron chi connectivity index (χ3n) is 2.75. The SMILES string of the molecule is Cc1cc(Br)cc(C(NN)c2cccc(Cl)c2)c1. The molecule has 0 spiro atoms. The lowest BCUT2D eigenvalue weighted by Crippen LogP contribution is -2.28. The molecular formula is C14H14BrClN2. The van der Waals surface area contributed by atoms with Crippen LogP contribution in [0.3, 0.4) is 0 Å². The average Bonchev–Trinajstić information content (AvgIpc) is 2.28. The number of aryl methyl sites for hydroxylation is 1. The molecule has 0 fully saturated rings. The van der Waals surface area contributed by atoms with Gasteiger partial charge in [-0.25, -0.2) is 5.43 Å². The fourth-order valence-electron chi connectivity index (χ4n) is 2.00. The molecule has 0 amide bonds. The maximum absolute atomic E-state index is 6.02. The van der Waals surface area contributed by atoms with Gasteiger partial charge in [-0.3, -0.25) is 5.84 Å². The molecule has 0 aliphatic heterocycles. The van der Waals surface area contributed by atoms with E-state index in [1.54, 1.807) is 0 Å². The quantitative estimate of drug-likeness (QED) is 0.662. The average molecular weight is 326 g/mol. The van der Waals surface area contributed by atoms with Gasteiger partial charge in [-0.05, 0) is 47.9 Å². The maximum Gasteiger partial charge on any atom is 0.0711 e. The molecule has 0 radical (unpaired) electrons. The van der Waals surface area contributed by atoms with E-state index < -0.39 is 0 Å². The molecule has 1 unspecified atom stereocenters.